The van der Waals surface area contributed by atoms with Gasteiger partial charge in [0.2, 0.25) is 0 Å². The normalized spacial score (nSPS) is 10.5. The summed E-state index contributed by atoms with van der Waals surface area (Å²) in [4.78, 5) is 4.60. The van der Waals surface area contributed by atoms with E-state index in [9.17, 15) is 0 Å². The number of aryl methyl sites for hydroxylation is 1. The number of nitrogen functional groups attached to an aromatic ring is 1. The van der Waals surface area contributed by atoms with Crippen LogP contribution < -0.4 is 5.73 Å². The van der Waals surface area contributed by atoms with Crippen LogP contribution in [0.15, 0.2) is 42.5 Å². The minimum atomic E-state index is 0.638. The molecule has 0 saturated carbocycles. The number of benzene rings is 2. The lowest BCUT2D eigenvalue weighted by molar-refractivity contribution is 0.959. The second kappa shape index (κ2) is 4.14. The quantitative estimate of drug-likeness (QED) is 0.673. The summed E-state index contributed by atoms with van der Waals surface area (Å²) in [6.45, 7) is 0. The Balaban J connectivity index is 2.23. The Morgan fingerprint density at radius 2 is 1.89 bits per heavy atom. The summed E-state index contributed by atoms with van der Waals surface area (Å²) in [5.41, 5.74) is 9.90. The van der Waals surface area contributed by atoms with Crippen molar-refractivity contribution >= 4 is 16.7 Å². The number of rotatable bonds is 1. The molecule has 0 fully saturated rings. The summed E-state index contributed by atoms with van der Waals surface area (Å²) in [6, 6.07) is 15.3. The number of imidazole rings is 1. The number of nitrogens with zero attached hydrogens (tertiary/aromatic N) is 3. The standard InChI is InChI=1S/C15H12N4/c1-19-14-8-10(9-16)2-7-13(14)18-15(19)11-3-5-12(17)6-4-11/h2-8H,17H2,1H3. The summed E-state index contributed by atoms with van der Waals surface area (Å²) in [5.74, 6) is 0.866. The number of aromatic nitrogens is 2. The van der Waals surface area contributed by atoms with Gasteiger partial charge in [-0.25, -0.2) is 4.98 Å². The average molecular weight is 248 g/mol. The highest BCUT2D eigenvalue weighted by Gasteiger charge is 2.10. The molecule has 0 saturated heterocycles. The van der Waals surface area contributed by atoms with Crippen LogP contribution in [0.4, 0.5) is 5.69 Å². The van der Waals surface area contributed by atoms with Crippen molar-refractivity contribution in [3.05, 3.63) is 48.0 Å². The zero-order chi connectivity index (χ0) is 13.4. The van der Waals surface area contributed by atoms with Gasteiger partial charge in [-0.2, -0.15) is 5.26 Å². The SMILES string of the molecule is Cn1c(-c2ccc(N)cc2)nc2ccc(C#N)cc21. The third-order valence-corrected chi connectivity index (χ3v) is 3.18. The topological polar surface area (TPSA) is 67.6 Å². The molecule has 4 heteroatoms. The van der Waals surface area contributed by atoms with Gasteiger partial charge in [-0.1, -0.05) is 0 Å². The fraction of sp³-hybridized carbons (Fsp3) is 0.0667. The summed E-state index contributed by atoms with van der Waals surface area (Å²) in [7, 11) is 1.95. The van der Waals surface area contributed by atoms with E-state index in [0.717, 1.165) is 28.1 Å². The molecule has 4 nitrogen and oxygen atoms in total. The fourth-order valence-corrected chi connectivity index (χ4v) is 2.15. The molecule has 1 aromatic heterocycles. The first-order chi connectivity index (χ1) is 9.19. The van der Waals surface area contributed by atoms with Crippen LogP contribution in [0.1, 0.15) is 5.56 Å². The van der Waals surface area contributed by atoms with Crippen LogP contribution in [0.2, 0.25) is 0 Å². The number of hydrogen-bond donors (Lipinski definition) is 1. The van der Waals surface area contributed by atoms with Crippen molar-refractivity contribution in [1.29, 1.82) is 5.26 Å². The average Bonchev–Trinajstić information content (AvgIpc) is 2.76. The Bertz CT molecular complexity index is 791. The van der Waals surface area contributed by atoms with Gasteiger partial charge in [0.15, 0.2) is 0 Å². The molecule has 0 atom stereocenters. The van der Waals surface area contributed by atoms with Crippen molar-refractivity contribution in [3.8, 4) is 17.5 Å². The second-order valence-electron chi connectivity index (χ2n) is 4.43. The molecule has 19 heavy (non-hydrogen) atoms. The minimum Gasteiger partial charge on any atom is -0.399 e. The van der Waals surface area contributed by atoms with Crippen LogP contribution in [0.5, 0.6) is 0 Å². The van der Waals surface area contributed by atoms with E-state index in [1.54, 1.807) is 6.07 Å². The van der Waals surface area contributed by atoms with Crippen molar-refractivity contribution in [2.45, 2.75) is 0 Å². The molecular formula is C15H12N4. The molecule has 0 unspecified atom stereocenters. The van der Waals surface area contributed by atoms with E-state index < -0.39 is 0 Å². The summed E-state index contributed by atoms with van der Waals surface area (Å²) >= 11 is 0. The van der Waals surface area contributed by atoms with Crippen LogP contribution in [0.25, 0.3) is 22.4 Å². The first-order valence-corrected chi connectivity index (χ1v) is 5.91. The van der Waals surface area contributed by atoms with Gasteiger partial charge >= 0.3 is 0 Å². The van der Waals surface area contributed by atoms with Crippen LogP contribution in [0, 0.1) is 11.3 Å². The lowest BCUT2D eigenvalue weighted by Gasteiger charge is -2.02. The summed E-state index contributed by atoms with van der Waals surface area (Å²) in [6.07, 6.45) is 0. The van der Waals surface area contributed by atoms with E-state index in [1.165, 1.54) is 0 Å². The van der Waals surface area contributed by atoms with Crippen molar-refractivity contribution in [2.24, 2.45) is 7.05 Å². The van der Waals surface area contributed by atoms with Gasteiger partial charge in [-0.15, -0.1) is 0 Å². The molecule has 2 N–H and O–H groups in total. The smallest absolute Gasteiger partial charge is 0.140 e. The van der Waals surface area contributed by atoms with Crippen molar-refractivity contribution in [3.63, 3.8) is 0 Å². The van der Waals surface area contributed by atoms with Gasteiger partial charge in [0.25, 0.3) is 0 Å². The van der Waals surface area contributed by atoms with Crippen LogP contribution in [0.3, 0.4) is 0 Å². The Morgan fingerprint density at radius 3 is 2.58 bits per heavy atom. The van der Waals surface area contributed by atoms with E-state index in [-0.39, 0.29) is 0 Å². The second-order valence-corrected chi connectivity index (χ2v) is 4.43. The lowest BCUT2D eigenvalue weighted by atomic mass is 10.2. The molecule has 2 aromatic carbocycles. The highest BCUT2D eigenvalue weighted by Crippen LogP contribution is 2.24. The molecule has 0 radical (unpaired) electrons. The number of nitrogens with two attached hydrogens (primary N) is 1. The maximum Gasteiger partial charge on any atom is 0.140 e. The maximum absolute atomic E-state index is 8.95. The summed E-state index contributed by atoms with van der Waals surface area (Å²) in [5, 5.41) is 8.95. The monoisotopic (exact) mass is 248 g/mol. The number of hydrogen-bond acceptors (Lipinski definition) is 3. The number of nitriles is 1. The minimum absolute atomic E-state index is 0.638. The highest BCUT2D eigenvalue weighted by atomic mass is 15.1. The predicted molar refractivity (Wildman–Crippen MR) is 75.3 cm³/mol. The van der Waals surface area contributed by atoms with Gasteiger partial charge in [0, 0.05) is 18.3 Å². The van der Waals surface area contributed by atoms with Crippen LogP contribution >= 0.6 is 0 Å². The molecule has 3 aromatic rings. The molecule has 0 aliphatic carbocycles. The fourth-order valence-electron chi connectivity index (χ4n) is 2.15. The maximum atomic E-state index is 8.95. The summed E-state index contributed by atoms with van der Waals surface area (Å²) < 4.78 is 1.99. The Morgan fingerprint density at radius 1 is 1.16 bits per heavy atom. The number of anilines is 1. The van der Waals surface area contributed by atoms with Gasteiger partial charge in [0.05, 0.1) is 22.7 Å². The van der Waals surface area contributed by atoms with Crippen LogP contribution in [-0.4, -0.2) is 9.55 Å². The molecule has 0 aliphatic rings. The zero-order valence-corrected chi connectivity index (χ0v) is 10.5. The van der Waals surface area contributed by atoms with Gasteiger partial charge < -0.3 is 10.3 Å². The lowest BCUT2D eigenvalue weighted by Crippen LogP contribution is -1.93. The molecule has 3 rings (SSSR count). The highest BCUT2D eigenvalue weighted by molar-refractivity contribution is 5.82. The van der Waals surface area contributed by atoms with E-state index >= 15 is 0 Å². The molecule has 0 amide bonds. The molecular weight excluding hydrogens is 236 g/mol. The largest absolute Gasteiger partial charge is 0.399 e. The Kier molecular flexibility index (Phi) is 2.46. The third-order valence-electron chi connectivity index (χ3n) is 3.18. The van der Waals surface area contributed by atoms with Gasteiger partial charge in [0.1, 0.15) is 5.82 Å². The van der Waals surface area contributed by atoms with Crippen molar-refractivity contribution in [2.75, 3.05) is 5.73 Å². The van der Waals surface area contributed by atoms with Crippen molar-refractivity contribution in [1.82, 2.24) is 9.55 Å². The third kappa shape index (κ3) is 1.81. The molecule has 92 valence electrons. The van der Waals surface area contributed by atoms with Crippen LogP contribution in [-0.2, 0) is 7.05 Å². The molecule has 0 bridgehead atoms. The molecule has 0 spiro atoms. The molecule has 0 aliphatic heterocycles. The molecule has 1 heterocycles. The first-order valence-electron chi connectivity index (χ1n) is 5.91. The zero-order valence-electron chi connectivity index (χ0n) is 10.5. The van der Waals surface area contributed by atoms with E-state index in [1.807, 2.05) is 48.0 Å². The first kappa shape index (κ1) is 11.3. The van der Waals surface area contributed by atoms with E-state index in [0.29, 0.717) is 5.56 Å². The van der Waals surface area contributed by atoms with Crippen molar-refractivity contribution < 1.29 is 0 Å². The Labute approximate surface area is 110 Å². The van der Waals surface area contributed by atoms with E-state index in [4.69, 9.17) is 11.0 Å². The Hall–Kier alpha value is -2.80. The predicted octanol–water partition coefficient (Wildman–Crippen LogP) is 2.69. The van der Waals surface area contributed by atoms with E-state index in [2.05, 4.69) is 11.1 Å². The van der Waals surface area contributed by atoms with Gasteiger partial charge in [-0.05, 0) is 42.5 Å². The number of fused-ring (bicyclic) bond motifs is 1. The van der Waals surface area contributed by atoms with Gasteiger partial charge in [-0.3, -0.25) is 0 Å².